The summed E-state index contributed by atoms with van der Waals surface area (Å²) >= 11 is 0. The van der Waals surface area contributed by atoms with Crippen LogP contribution in [0.2, 0.25) is 0 Å². The molecule has 3 aliphatic rings. The fourth-order valence-corrected chi connectivity index (χ4v) is 3.98. The number of carbonyl (C=O) groups is 1. The number of aromatic nitrogens is 5. The van der Waals surface area contributed by atoms with Gasteiger partial charge in [-0.2, -0.15) is 18.2 Å². The van der Waals surface area contributed by atoms with Gasteiger partial charge in [0.15, 0.2) is 5.82 Å². The van der Waals surface area contributed by atoms with E-state index in [1.807, 2.05) is 11.5 Å². The Morgan fingerprint density at radius 2 is 2.03 bits per heavy atom. The average Bonchev–Trinajstić information content (AvgIpc) is 3.34. The van der Waals surface area contributed by atoms with Crippen molar-refractivity contribution in [2.45, 2.75) is 19.6 Å². The van der Waals surface area contributed by atoms with Gasteiger partial charge >= 0.3 is 6.18 Å². The number of anilines is 2. The molecule has 9 nitrogen and oxygen atoms in total. The van der Waals surface area contributed by atoms with Crippen LogP contribution in [0.15, 0.2) is 47.7 Å². The van der Waals surface area contributed by atoms with Crippen molar-refractivity contribution in [2.24, 2.45) is 4.99 Å². The Balaban J connectivity index is 1.57. The Bertz CT molecular complexity index is 1500. The van der Waals surface area contributed by atoms with Crippen LogP contribution >= 0.6 is 0 Å². The third kappa shape index (κ3) is 4.07. The second-order valence-corrected chi connectivity index (χ2v) is 7.87. The van der Waals surface area contributed by atoms with Crippen molar-refractivity contribution in [3.8, 4) is 22.8 Å². The minimum atomic E-state index is -4.70. The van der Waals surface area contributed by atoms with Gasteiger partial charge in [-0.1, -0.05) is 6.07 Å². The predicted octanol–water partition coefficient (Wildman–Crippen LogP) is 3.38. The van der Waals surface area contributed by atoms with Crippen LogP contribution in [0, 0.1) is 6.92 Å². The van der Waals surface area contributed by atoms with Crippen molar-refractivity contribution in [2.75, 3.05) is 24.2 Å². The normalized spacial score (nSPS) is 13.6. The number of nitrogens with zero attached hydrogens (tertiary/aromatic N) is 6. The summed E-state index contributed by atoms with van der Waals surface area (Å²) in [4.78, 5) is 33.8. The highest BCUT2D eigenvalue weighted by atomic mass is 19.4. The summed E-state index contributed by atoms with van der Waals surface area (Å²) in [5.74, 6) is 0.427. The maximum absolute atomic E-state index is 13.3. The molecule has 0 atom stereocenters. The largest absolute Gasteiger partial charge is 0.418 e. The highest BCUT2D eigenvalue weighted by Crippen LogP contribution is 2.36. The molecule has 0 radical (unpaired) electrons. The second kappa shape index (κ2) is 8.46. The van der Waals surface area contributed by atoms with Gasteiger partial charge in [0.05, 0.1) is 11.8 Å². The summed E-state index contributed by atoms with van der Waals surface area (Å²) < 4.78 is 42.0. The second-order valence-electron chi connectivity index (χ2n) is 7.87. The molecule has 0 saturated heterocycles. The summed E-state index contributed by atoms with van der Waals surface area (Å²) in [7, 11) is 1.61. The van der Waals surface area contributed by atoms with E-state index in [2.05, 4.69) is 30.6 Å². The van der Waals surface area contributed by atoms with Gasteiger partial charge in [0, 0.05) is 37.6 Å². The molecule has 178 valence electrons. The average molecular weight is 480 g/mol. The van der Waals surface area contributed by atoms with Crippen molar-refractivity contribution >= 4 is 17.4 Å². The molecule has 2 N–H and O–H groups in total. The Labute approximate surface area is 197 Å². The van der Waals surface area contributed by atoms with Gasteiger partial charge in [-0.25, -0.2) is 9.97 Å². The zero-order valence-corrected chi connectivity index (χ0v) is 18.7. The highest BCUT2D eigenvalue weighted by Gasteiger charge is 2.36. The van der Waals surface area contributed by atoms with Gasteiger partial charge in [-0.3, -0.25) is 14.8 Å². The van der Waals surface area contributed by atoms with E-state index in [0.29, 0.717) is 47.2 Å². The topological polar surface area (TPSA) is 110 Å². The first-order chi connectivity index (χ1) is 16.8. The fraction of sp³-hybridized carbons (Fsp3) is 0.217. The van der Waals surface area contributed by atoms with Crippen molar-refractivity contribution in [3.05, 3.63) is 65.2 Å². The standard InChI is InChI=1S/C23H19F3N8O/c1-12-5-6-13(31-21(35)18-15(23(24,25)26)4-3-7-28-18)10-14(12)17-20-29-8-9-34(20)19-16(32-17)11-30-22(27-2)33-19/h3-7,10-11,29H,8-9H2,1-2H3,(H,31,35). The lowest BCUT2D eigenvalue weighted by Gasteiger charge is -2.18. The first-order valence-electron chi connectivity index (χ1n) is 10.6. The molecule has 4 heterocycles. The molecule has 0 fully saturated rings. The first-order valence-corrected chi connectivity index (χ1v) is 10.6. The fourth-order valence-electron chi connectivity index (χ4n) is 3.98. The van der Waals surface area contributed by atoms with E-state index in [0.717, 1.165) is 29.7 Å². The number of hydrogen-bond donors (Lipinski definition) is 2. The van der Waals surface area contributed by atoms with Crippen molar-refractivity contribution in [3.63, 3.8) is 0 Å². The van der Waals surface area contributed by atoms with Gasteiger partial charge in [0.25, 0.3) is 5.91 Å². The van der Waals surface area contributed by atoms with Crippen molar-refractivity contribution in [1.29, 1.82) is 0 Å². The maximum Gasteiger partial charge on any atom is 0.418 e. The lowest BCUT2D eigenvalue weighted by molar-refractivity contribution is -0.138. The zero-order valence-electron chi connectivity index (χ0n) is 18.7. The van der Waals surface area contributed by atoms with Gasteiger partial charge < -0.3 is 15.2 Å². The number of fused-ring (bicyclic) bond motifs is 3. The van der Waals surface area contributed by atoms with E-state index >= 15 is 0 Å². The molecule has 0 spiro atoms. The lowest BCUT2D eigenvalue weighted by Crippen LogP contribution is -2.20. The van der Waals surface area contributed by atoms with Crippen molar-refractivity contribution < 1.29 is 18.0 Å². The number of nitrogens with one attached hydrogen (secondary N) is 2. The minimum absolute atomic E-state index is 0.310. The molecule has 0 aliphatic carbocycles. The number of pyridine rings is 1. The molecule has 5 rings (SSSR count). The highest BCUT2D eigenvalue weighted by molar-refractivity contribution is 6.04. The molecule has 0 bridgehead atoms. The molecule has 12 heteroatoms. The van der Waals surface area contributed by atoms with E-state index < -0.39 is 23.3 Å². The van der Waals surface area contributed by atoms with Crippen LogP contribution in [0.4, 0.5) is 24.7 Å². The molecule has 0 saturated carbocycles. The molecule has 1 amide bonds. The lowest BCUT2D eigenvalue weighted by atomic mass is 10.0. The van der Waals surface area contributed by atoms with Gasteiger partial charge in [-0.05, 0) is 36.8 Å². The van der Waals surface area contributed by atoms with Crippen LogP contribution in [0.3, 0.4) is 0 Å². The molecule has 1 aromatic carbocycles. The third-order valence-electron chi connectivity index (χ3n) is 5.63. The molecule has 0 unspecified atom stereocenters. The SMILES string of the molecule is CN=c1ncc2nc(-c3cc(NC(=O)c4ncccc4C(F)(F)F)ccc3C)c3n(c-2n1)CCN3. The first kappa shape index (κ1) is 22.4. The zero-order chi connectivity index (χ0) is 24.7. The predicted molar refractivity (Wildman–Crippen MR) is 122 cm³/mol. The number of hydrogen-bond acceptors (Lipinski definition) is 7. The van der Waals surface area contributed by atoms with E-state index in [4.69, 9.17) is 4.98 Å². The van der Waals surface area contributed by atoms with E-state index in [1.54, 1.807) is 31.4 Å². The quantitative estimate of drug-likeness (QED) is 0.465. The summed E-state index contributed by atoms with van der Waals surface area (Å²) in [6.45, 7) is 3.22. The van der Waals surface area contributed by atoms with Crippen LogP contribution in [-0.2, 0) is 12.7 Å². The summed E-state index contributed by atoms with van der Waals surface area (Å²) in [6, 6.07) is 7.03. The molecular weight excluding hydrogens is 461 g/mol. The molecule has 35 heavy (non-hydrogen) atoms. The molecule has 2 aromatic rings. The van der Waals surface area contributed by atoms with Crippen molar-refractivity contribution in [1.82, 2.24) is 24.5 Å². The Morgan fingerprint density at radius 3 is 2.80 bits per heavy atom. The van der Waals surface area contributed by atoms with Crippen LogP contribution < -0.4 is 16.3 Å². The van der Waals surface area contributed by atoms with E-state index in [-0.39, 0.29) is 0 Å². The Kier molecular flexibility index (Phi) is 5.42. The smallest absolute Gasteiger partial charge is 0.368 e. The maximum atomic E-state index is 13.3. The molecular formula is C23H19F3N8O. The monoisotopic (exact) mass is 480 g/mol. The van der Waals surface area contributed by atoms with Crippen LogP contribution in [0.25, 0.3) is 22.8 Å². The number of halogens is 3. The van der Waals surface area contributed by atoms with Gasteiger partial charge in [0.2, 0.25) is 5.62 Å². The van der Waals surface area contributed by atoms with Crippen LogP contribution in [0.5, 0.6) is 0 Å². The number of rotatable bonds is 3. The Morgan fingerprint density at radius 1 is 1.20 bits per heavy atom. The molecule has 1 aromatic heterocycles. The number of amides is 1. The third-order valence-corrected chi connectivity index (χ3v) is 5.63. The van der Waals surface area contributed by atoms with E-state index in [9.17, 15) is 18.0 Å². The minimum Gasteiger partial charge on any atom is -0.368 e. The van der Waals surface area contributed by atoms with Crippen LogP contribution in [0.1, 0.15) is 21.6 Å². The van der Waals surface area contributed by atoms with E-state index in [1.165, 1.54) is 0 Å². The molecule has 3 aliphatic heterocycles. The summed E-state index contributed by atoms with van der Waals surface area (Å²) in [6.07, 6.45) is -1.96. The van der Waals surface area contributed by atoms with Gasteiger partial charge in [-0.15, -0.1) is 0 Å². The number of alkyl halides is 3. The van der Waals surface area contributed by atoms with Crippen LogP contribution in [-0.4, -0.2) is 44.0 Å². The van der Waals surface area contributed by atoms with Gasteiger partial charge in [0.1, 0.15) is 22.9 Å². The summed E-state index contributed by atoms with van der Waals surface area (Å²) in [5.41, 5.74) is 1.60. The summed E-state index contributed by atoms with van der Waals surface area (Å²) in [5, 5.41) is 5.86. The Hall–Kier alpha value is -4.35. The number of carbonyl (C=O) groups excluding carboxylic acids is 1. The number of benzene rings is 1. The number of aryl methyl sites for hydroxylation is 1.